The Balaban J connectivity index is 1.78. The number of nitrogens with zero attached hydrogens (tertiary/aromatic N) is 2. The highest BCUT2D eigenvalue weighted by atomic mass is 32.2. The molecule has 122 valence electrons. The van der Waals surface area contributed by atoms with Crippen LogP contribution in [-0.2, 0) is 14.8 Å². The van der Waals surface area contributed by atoms with E-state index in [1.807, 2.05) is 12.1 Å². The molecule has 0 unspecified atom stereocenters. The van der Waals surface area contributed by atoms with Crippen LogP contribution in [0.1, 0.15) is 19.3 Å². The van der Waals surface area contributed by atoms with Crippen molar-refractivity contribution in [3.63, 3.8) is 0 Å². The minimum absolute atomic E-state index is 0.0657. The summed E-state index contributed by atoms with van der Waals surface area (Å²) in [6, 6.07) is 3.69. The number of hydrogen-bond donors (Lipinski definition) is 0. The average Bonchev–Trinajstić information content (AvgIpc) is 2.52. The molecule has 0 bridgehead atoms. The molecule has 2 saturated heterocycles. The third-order valence-corrected chi connectivity index (χ3v) is 5.83. The van der Waals surface area contributed by atoms with Crippen LogP contribution < -0.4 is 4.74 Å². The monoisotopic (exact) mass is 326 g/mol. The fraction of sp³-hybridized carbons (Fsp3) is 0.667. The van der Waals surface area contributed by atoms with Gasteiger partial charge in [-0.05, 0) is 31.4 Å². The van der Waals surface area contributed by atoms with Crippen LogP contribution in [0, 0.1) is 5.41 Å². The number of sulfonamides is 1. The standard InChI is InChI=1S/C15H22N2O4S/c1-22(18,19)17-8-5-14-15(11-17,6-3-9-20-14)12-21-13-4-2-7-16-10-13/h2,4,7,10,14H,3,5-6,8-9,11-12H2,1H3/t14-,15-/m1/s1. The fourth-order valence-corrected chi connectivity index (χ4v) is 4.33. The molecule has 3 rings (SSSR count). The molecule has 1 aromatic heterocycles. The molecule has 0 amide bonds. The highest BCUT2D eigenvalue weighted by molar-refractivity contribution is 7.88. The Morgan fingerprint density at radius 1 is 1.55 bits per heavy atom. The molecule has 0 N–H and O–H groups in total. The van der Waals surface area contributed by atoms with Gasteiger partial charge in [0, 0.05) is 31.3 Å². The number of fused-ring (bicyclic) bond motifs is 1. The first kappa shape index (κ1) is 15.7. The molecule has 0 aliphatic carbocycles. The van der Waals surface area contributed by atoms with Crippen LogP contribution in [0.3, 0.4) is 0 Å². The Morgan fingerprint density at radius 2 is 2.41 bits per heavy atom. The molecule has 2 fully saturated rings. The van der Waals surface area contributed by atoms with E-state index in [-0.39, 0.29) is 11.5 Å². The van der Waals surface area contributed by atoms with E-state index in [9.17, 15) is 8.42 Å². The Bertz CT molecular complexity index is 607. The highest BCUT2D eigenvalue weighted by Crippen LogP contribution is 2.41. The first-order valence-corrected chi connectivity index (χ1v) is 9.44. The van der Waals surface area contributed by atoms with E-state index in [1.165, 1.54) is 6.26 Å². The van der Waals surface area contributed by atoms with Crippen molar-refractivity contribution in [2.24, 2.45) is 5.41 Å². The van der Waals surface area contributed by atoms with E-state index in [2.05, 4.69) is 4.98 Å². The van der Waals surface area contributed by atoms with Gasteiger partial charge in [-0.15, -0.1) is 0 Å². The minimum atomic E-state index is -3.19. The number of rotatable bonds is 4. The van der Waals surface area contributed by atoms with E-state index in [0.717, 1.165) is 25.9 Å². The van der Waals surface area contributed by atoms with Crippen LogP contribution in [0.4, 0.5) is 0 Å². The van der Waals surface area contributed by atoms with E-state index in [1.54, 1.807) is 16.7 Å². The predicted octanol–water partition coefficient (Wildman–Crippen LogP) is 1.29. The zero-order valence-corrected chi connectivity index (χ0v) is 13.6. The largest absolute Gasteiger partial charge is 0.491 e. The van der Waals surface area contributed by atoms with Crippen molar-refractivity contribution in [2.75, 3.05) is 32.6 Å². The molecule has 7 heteroatoms. The number of hydrogen-bond acceptors (Lipinski definition) is 5. The first-order valence-electron chi connectivity index (χ1n) is 7.59. The van der Waals surface area contributed by atoms with Gasteiger partial charge in [0.25, 0.3) is 0 Å². The minimum Gasteiger partial charge on any atom is -0.491 e. The van der Waals surface area contributed by atoms with Crippen molar-refractivity contribution in [3.8, 4) is 5.75 Å². The van der Waals surface area contributed by atoms with Gasteiger partial charge in [0.2, 0.25) is 10.0 Å². The average molecular weight is 326 g/mol. The van der Waals surface area contributed by atoms with Gasteiger partial charge in [0.05, 0.1) is 25.2 Å². The molecule has 2 aliphatic heterocycles. The van der Waals surface area contributed by atoms with Crippen LogP contribution in [0.25, 0.3) is 0 Å². The van der Waals surface area contributed by atoms with Gasteiger partial charge in [-0.3, -0.25) is 4.98 Å². The number of ether oxygens (including phenoxy) is 2. The Kier molecular flexibility index (Phi) is 4.38. The van der Waals surface area contributed by atoms with E-state index in [4.69, 9.17) is 9.47 Å². The quantitative estimate of drug-likeness (QED) is 0.834. The second-order valence-electron chi connectivity index (χ2n) is 6.19. The molecule has 0 aromatic carbocycles. The van der Waals surface area contributed by atoms with Gasteiger partial charge in [-0.1, -0.05) is 0 Å². The summed E-state index contributed by atoms with van der Waals surface area (Å²) in [6.45, 7) is 2.20. The summed E-state index contributed by atoms with van der Waals surface area (Å²) in [6.07, 6.45) is 7.29. The topological polar surface area (TPSA) is 68.7 Å². The van der Waals surface area contributed by atoms with Crippen molar-refractivity contribution in [1.82, 2.24) is 9.29 Å². The molecule has 0 saturated carbocycles. The van der Waals surface area contributed by atoms with E-state index in [0.29, 0.717) is 25.4 Å². The lowest BCUT2D eigenvalue weighted by atomic mass is 9.73. The van der Waals surface area contributed by atoms with Crippen LogP contribution >= 0.6 is 0 Å². The molecule has 2 atom stereocenters. The highest BCUT2D eigenvalue weighted by Gasteiger charge is 2.48. The van der Waals surface area contributed by atoms with Crippen molar-refractivity contribution in [1.29, 1.82) is 0 Å². The Hall–Kier alpha value is -1.18. The first-order chi connectivity index (χ1) is 10.5. The van der Waals surface area contributed by atoms with Crippen molar-refractivity contribution >= 4 is 10.0 Å². The summed E-state index contributed by atoms with van der Waals surface area (Å²) in [4.78, 5) is 4.04. The second kappa shape index (κ2) is 6.14. The van der Waals surface area contributed by atoms with Gasteiger partial charge >= 0.3 is 0 Å². The van der Waals surface area contributed by atoms with Crippen LogP contribution in [-0.4, -0.2) is 56.4 Å². The van der Waals surface area contributed by atoms with Crippen molar-refractivity contribution in [3.05, 3.63) is 24.5 Å². The Morgan fingerprint density at radius 3 is 3.14 bits per heavy atom. The number of aromatic nitrogens is 1. The van der Waals surface area contributed by atoms with Gasteiger partial charge in [-0.2, -0.15) is 0 Å². The third kappa shape index (κ3) is 3.26. The zero-order chi connectivity index (χ0) is 15.6. The molecule has 0 radical (unpaired) electrons. The predicted molar refractivity (Wildman–Crippen MR) is 82.2 cm³/mol. The third-order valence-electron chi connectivity index (χ3n) is 4.58. The zero-order valence-electron chi connectivity index (χ0n) is 12.8. The number of piperidine rings is 1. The lowest BCUT2D eigenvalue weighted by Gasteiger charge is -2.49. The lowest BCUT2D eigenvalue weighted by molar-refractivity contribution is -0.128. The molecular weight excluding hydrogens is 304 g/mol. The lowest BCUT2D eigenvalue weighted by Crippen LogP contribution is -2.58. The molecule has 6 nitrogen and oxygen atoms in total. The molecule has 2 aliphatic rings. The maximum atomic E-state index is 11.9. The smallest absolute Gasteiger partial charge is 0.211 e. The van der Waals surface area contributed by atoms with Gasteiger partial charge in [0.15, 0.2) is 0 Å². The van der Waals surface area contributed by atoms with E-state index >= 15 is 0 Å². The Labute approximate surface area is 131 Å². The summed E-state index contributed by atoms with van der Waals surface area (Å²) in [5.41, 5.74) is -0.268. The summed E-state index contributed by atoms with van der Waals surface area (Å²) < 4.78 is 37.2. The molecule has 22 heavy (non-hydrogen) atoms. The fourth-order valence-electron chi connectivity index (χ4n) is 3.40. The van der Waals surface area contributed by atoms with Crippen LogP contribution in [0.15, 0.2) is 24.5 Å². The van der Waals surface area contributed by atoms with Crippen LogP contribution in [0.2, 0.25) is 0 Å². The van der Waals surface area contributed by atoms with Crippen molar-refractivity contribution in [2.45, 2.75) is 25.4 Å². The summed E-state index contributed by atoms with van der Waals surface area (Å²) >= 11 is 0. The maximum absolute atomic E-state index is 11.9. The normalized spacial score (nSPS) is 29.8. The van der Waals surface area contributed by atoms with Crippen LogP contribution in [0.5, 0.6) is 5.75 Å². The van der Waals surface area contributed by atoms with Gasteiger partial charge in [0.1, 0.15) is 5.75 Å². The van der Waals surface area contributed by atoms with Gasteiger partial charge < -0.3 is 9.47 Å². The number of pyridine rings is 1. The van der Waals surface area contributed by atoms with E-state index < -0.39 is 10.0 Å². The molecule has 3 heterocycles. The molecular formula is C15H22N2O4S. The molecule has 1 aromatic rings. The van der Waals surface area contributed by atoms with Gasteiger partial charge in [-0.25, -0.2) is 12.7 Å². The summed E-state index contributed by atoms with van der Waals surface area (Å²) in [5.74, 6) is 0.706. The molecule has 0 spiro atoms. The van der Waals surface area contributed by atoms with Crippen molar-refractivity contribution < 1.29 is 17.9 Å². The maximum Gasteiger partial charge on any atom is 0.211 e. The SMILES string of the molecule is CS(=O)(=O)N1CC[C@H]2OCCC[C@]2(COc2cccnc2)C1. The summed E-state index contributed by atoms with van der Waals surface area (Å²) in [7, 11) is -3.19. The summed E-state index contributed by atoms with van der Waals surface area (Å²) in [5, 5.41) is 0. The second-order valence-corrected chi connectivity index (χ2v) is 8.17.